The largest absolute Gasteiger partial charge is 0.342 e. The number of hydrogen-bond donors (Lipinski definition) is 1. The Morgan fingerprint density at radius 1 is 1.16 bits per heavy atom. The van der Waals surface area contributed by atoms with Crippen LogP contribution in [0, 0.1) is 5.92 Å². The fourth-order valence-corrected chi connectivity index (χ4v) is 4.34. The van der Waals surface area contributed by atoms with E-state index in [1.54, 1.807) is 0 Å². The molecule has 2 fully saturated rings. The third-order valence-electron chi connectivity index (χ3n) is 5.93. The van der Waals surface area contributed by atoms with E-state index in [2.05, 4.69) is 16.7 Å². The van der Waals surface area contributed by atoms with Gasteiger partial charge in [0.15, 0.2) is 0 Å². The second kappa shape index (κ2) is 8.81. The topological polar surface area (TPSA) is 49.6 Å². The minimum Gasteiger partial charge on any atom is -0.342 e. The molecule has 2 N–H and O–H groups in total. The van der Waals surface area contributed by atoms with Gasteiger partial charge in [-0.3, -0.25) is 4.79 Å². The number of benzene rings is 1. The van der Waals surface area contributed by atoms with Crippen molar-refractivity contribution < 1.29 is 4.79 Å². The molecule has 0 aliphatic carbocycles. The third kappa shape index (κ3) is 5.05. The molecular weight excluding hydrogens is 310 g/mol. The molecule has 4 heteroatoms. The average molecular weight is 344 g/mol. The second-order valence-corrected chi connectivity index (χ2v) is 7.91. The number of nitrogens with two attached hydrogens (primary N) is 1. The number of likely N-dealkylation sites (tertiary alicyclic amines) is 2. The van der Waals surface area contributed by atoms with Crippen LogP contribution in [-0.2, 0) is 4.79 Å². The minimum atomic E-state index is -0.198. The lowest BCUT2D eigenvalue weighted by molar-refractivity contribution is -0.133. The van der Waals surface area contributed by atoms with Gasteiger partial charge in [0.25, 0.3) is 0 Å². The minimum absolute atomic E-state index is 0.198. The number of piperidine rings is 2. The Bertz CT molecular complexity index is 547. The molecule has 138 valence electrons. The molecule has 1 aromatic carbocycles. The molecule has 1 amide bonds. The molecule has 2 heterocycles. The number of rotatable bonds is 5. The Kier molecular flexibility index (Phi) is 6.49. The van der Waals surface area contributed by atoms with Crippen molar-refractivity contribution in [3.63, 3.8) is 0 Å². The molecule has 3 rings (SSSR count). The van der Waals surface area contributed by atoms with Crippen LogP contribution in [0.1, 0.15) is 57.1 Å². The van der Waals surface area contributed by atoms with Gasteiger partial charge in [0, 0.05) is 38.1 Å². The van der Waals surface area contributed by atoms with Crippen molar-refractivity contribution >= 4 is 5.91 Å². The van der Waals surface area contributed by atoms with E-state index in [0.29, 0.717) is 18.4 Å². The van der Waals surface area contributed by atoms with Gasteiger partial charge in [0.2, 0.25) is 5.91 Å². The normalized spacial score (nSPS) is 26.4. The van der Waals surface area contributed by atoms with Gasteiger partial charge in [0.05, 0.1) is 0 Å². The Hall–Kier alpha value is -1.39. The van der Waals surface area contributed by atoms with E-state index in [9.17, 15) is 4.79 Å². The molecule has 0 bridgehead atoms. The summed E-state index contributed by atoms with van der Waals surface area (Å²) in [5.74, 6) is 0.832. The van der Waals surface area contributed by atoms with Gasteiger partial charge in [-0.1, -0.05) is 36.8 Å². The van der Waals surface area contributed by atoms with Crippen LogP contribution >= 0.6 is 0 Å². The Morgan fingerprint density at radius 3 is 2.72 bits per heavy atom. The molecule has 3 unspecified atom stereocenters. The fraction of sp³-hybridized carbons (Fsp3) is 0.667. The first kappa shape index (κ1) is 18.4. The highest BCUT2D eigenvalue weighted by Crippen LogP contribution is 2.24. The SMILES string of the molecule is CC1CCCCN1CC1CCCN(C(=O)CC(N)c2ccccc2)C1. The number of carbonyl (C=O) groups excluding carboxylic acids is 1. The molecule has 1 aromatic rings. The van der Waals surface area contributed by atoms with Crippen molar-refractivity contribution in [2.45, 2.75) is 57.5 Å². The van der Waals surface area contributed by atoms with E-state index in [4.69, 9.17) is 5.73 Å². The van der Waals surface area contributed by atoms with E-state index in [1.807, 2.05) is 30.3 Å². The first-order valence-electron chi connectivity index (χ1n) is 9.96. The highest BCUT2D eigenvalue weighted by Gasteiger charge is 2.28. The summed E-state index contributed by atoms with van der Waals surface area (Å²) in [6.45, 7) is 6.53. The average Bonchev–Trinajstić information content (AvgIpc) is 2.64. The maximum atomic E-state index is 12.7. The zero-order chi connectivity index (χ0) is 17.6. The van der Waals surface area contributed by atoms with E-state index < -0.39 is 0 Å². The lowest BCUT2D eigenvalue weighted by atomic mass is 9.94. The predicted octanol–water partition coefficient (Wildman–Crippen LogP) is 3.19. The van der Waals surface area contributed by atoms with Gasteiger partial charge in [-0.2, -0.15) is 0 Å². The lowest BCUT2D eigenvalue weighted by Gasteiger charge is -2.39. The van der Waals surface area contributed by atoms with E-state index in [-0.39, 0.29) is 11.9 Å². The Balaban J connectivity index is 1.51. The fourth-order valence-electron chi connectivity index (χ4n) is 4.34. The first-order valence-corrected chi connectivity index (χ1v) is 9.96. The lowest BCUT2D eigenvalue weighted by Crippen LogP contribution is -2.47. The number of hydrogen-bond acceptors (Lipinski definition) is 3. The second-order valence-electron chi connectivity index (χ2n) is 7.91. The molecule has 2 saturated heterocycles. The number of amides is 1. The molecular formula is C21H33N3O. The molecule has 0 saturated carbocycles. The molecule has 0 aromatic heterocycles. The molecule has 4 nitrogen and oxygen atoms in total. The van der Waals surface area contributed by atoms with Crippen molar-refractivity contribution in [2.75, 3.05) is 26.2 Å². The first-order chi connectivity index (χ1) is 12.1. The summed E-state index contributed by atoms with van der Waals surface area (Å²) in [6.07, 6.45) is 6.80. The number of nitrogens with zero attached hydrogens (tertiary/aromatic N) is 2. The summed E-state index contributed by atoms with van der Waals surface area (Å²) in [4.78, 5) is 17.4. The molecule has 0 spiro atoms. The summed E-state index contributed by atoms with van der Waals surface area (Å²) >= 11 is 0. The highest BCUT2D eigenvalue weighted by atomic mass is 16.2. The van der Waals surface area contributed by atoms with Crippen molar-refractivity contribution in [1.29, 1.82) is 0 Å². The Morgan fingerprint density at radius 2 is 1.96 bits per heavy atom. The third-order valence-corrected chi connectivity index (χ3v) is 5.93. The van der Waals surface area contributed by atoms with Crippen molar-refractivity contribution in [2.24, 2.45) is 11.7 Å². The zero-order valence-corrected chi connectivity index (χ0v) is 15.6. The van der Waals surface area contributed by atoms with Crippen molar-refractivity contribution in [3.8, 4) is 0 Å². The van der Waals surface area contributed by atoms with Gasteiger partial charge >= 0.3 is 0 Å². The molecule has 3 atom stereocenters. The van der Waals surface area contributed by atoms with Gasteiger partial charge < -0.3 is 15.5 Å². The Labute approximate surface area is 152 Å². The van der Waals surface area contributed by atoms with Crippen LogP contribution in [0.2, 0.25) is 0 Å². The van der Waals surface area contributed by atoms with Gasteiger partial charge in [-0.05, 0) is 50.6 Å². The molecule has 0 radical (unpaired) electrons. The maximum absolute atomic E-state index is 12.7. The summed E-state index contributed by atoms with van der Waals surface area (Å²) in [7, 11) is 0. The van der Waals surface area contributed by atoms with Crippen LogP contribution in [0.3, 0.4) is 0 Å². The van der Waals surface area contributed by atoms with Crippen molar-refractivity contribution in [1.82, 2.24) is 9.80 Å². The smallest absolute Gasteiger partial charge is 0.224 e. The van der Waals surface area contributed by atoms with Crippen LogP contribution in [0.5, 0.6) is 0 Å². The van der Waals surface area contributed by atoms with E-state index >= 15 is 0 Å². The maximum Gasteiger partial charge on any atom is 0.224 e. The van der Waals surface area contributed by atoms with Crippen LogP contribution in [0.15, 0.2) is 30.3 Å². The van der Waals surface area contributed by atoms with Gasteiger partial charge in [0.1, 0.15) is 0 Å². The summed E-state index contributed by atoms with van der Waals surface area (Å²) in [5.41, 5.74) is 7.30. The molecule has 2 aliphatic heterocycles. The summed E-state index contributed by atoms with van der Waals surface area (Å²) in [5, 5.41) is 0. The van der Waals surface area contributed by atoms with Crippen LogP contribution in [0.25, 0.3) is 0 Å². The summed E-state index contributed by atoms with van der Waals surface area (Å²) < 4.78 is 0. The standard InChI is InChI=1S/C21H33N3O/c1-17-8-5-6-12-23(17)15-18-9-7-13-24(16-18)21(25)14-20(22)19-10-3-2-4-11-19/h2-4,10-11,17-18,20H,5-9,12-16,22H2,1H3. The van der Waals surface area contributed by atoms with Crippen LogP contribution in [-0.4, -0.2) is 47.9 Å². The van der Waals surface area contributed by atoms with Crippen LogP contribution < -0.4 is 5.73 Å². The number of carbonyl (C=O) groups is 1. The summed E-state index contributed by atoms with van der Waals surface area (Å²) in [6, 6.07) is 10.5. The van der Waals surface area contributed by atoms with E-state index in [1.165, 1.54) is 32.2 Å². The van der Waals surface area contributed by atoms with Gasteiger partial charge in [-0.15, -0.1) is 0 Å². The molecule has 2 aliphatic rings. The van der Waals surface area contributed by atoms with Gasteiger partial charge in [-0.25, -0.2) is 0 Å². The van der Waals surface area contributed by atoms with Crippen molar-refractivity contribution in [3.05, 3.63) is 35.9 Å². The highest BCUT2D eigenvalue weighted by molar-refractivity contribution is 5.77. The zero-order valence-electron chi connectivity index (χ0n) is 15.6. The predicted molar refractivity (Wildman–Crippen MR) is 102 cm³/mol. The molecule has 25 heavy (non-hydrogen) atoms. The van der Waals surface area contributed by atoms with Crippen LogP contribution in [0.4, 0.5) is 0 Å². The quantitative estimate of drug-likeness (QED) is 0.893. The monoisotopic (exact) mass is 343 g/mol. The van der Waals surface area contributed by atoms with E-state index in [0.717, 1.165) is 31.6 Å².